The Hall–Kier alpha value is -0.520. The second-order valence-corrected chi connectivity index (χ2v) is 6.10. The van der Waals surface area contributed by atoms with Gasteiger partial charge in [0.15, 0.2) is 0 Å². The number of allylic oxidation sites excluding steroid dienone is 2. The van der Waals surface area contributed by atoms with Crippen molar-refractivity contribution in [2.45, 2.75) is 52.4 Å². The molecule has 2 atom stereocenters. The van der Waals surface area contributed by atoms with Gasteiger partial charge in [-0.2, -0.15) is 0 Å². The van der Waals surface area contributed by atoms with E-state index in [9.17, 15) is 0 Å². The molecule has 0 nitrogen and oxygen atoms in total. The maximum atomic E-state index is 4.23. The highest BCUT2D eigenvalue weighted by Gasteiger charge is 2.40. The molecule has 0 heterocycles. The van der Waals surface area contributed by atoms with Crippen molar-refractivity contribution in [3.8, 4) is 0 Å². The number of hydrogen-bond donors (Lipinski definition) is 0. The van der Waals surface area contributed by atoms with Crippen molar-refractivity contribution >= 4 is 0 Å². The molecule has 0 bridgehead atoms. The Kier molecular flexibility index (Phi) is 3.56. The zero-order valence-electron chi connectivity index (χ0n) is 11.0. The summed E-state index contributed by atoms with van der Waals surface area (Å²) in [6.45, 7) is 12.9. The molecule has 0 spiro atoms. The van der Waals surface area contributed by atoms with Gasteiger partial charge in [-0.25, -0.2) is 0 Å². The molecule has 0 aromatic rings. The Morgan fingerprint density at radius 3 is 1.62 bits per heavy atom. The molecule has 0 aliphatic heterocycles. The summed E-state index contributed by atoms with van der Waals surface area (Å²) in [5.41, 5.74) is 2.84. The zero-order valence-corrected chi connectivity index (χ0v) is 11.0. The van der Waals surface area contributed by atoms with E-state index in [1.807, 2.05) is 0 Å². The molecule has 0 heteroatoms. The van der Waals surface area contributed by atoms with E-state index in [4.69, 9.17) is 0 Å². The summed E-state index contributed by atoms with van der Waals surface area (Å²) < 4.78 is 0. The first kappa shape index (κ1) is 12.0. The van der Waals surface area contributed by atoms with Crippen molar-refractivity contribution < 1.29 is 0 Å². The second-order valence-electron chi connectivity index (χ2n) is 6.10. The van der Waals surface area contributed by atoms with Crippen molar-refractivity contribution in [1.82, 2.24) is 0 Å². The summed E-state index contributed by atoms with van der Waals surface area (Å²) in [7, 11) is 0. The van der Waals surface area contributed by atoms with E-state index in [2.05, 4.69) is 27.0 Å². The van der Waals surface area contributed by atoms with Crippen LogP contribution in [0.15, 0.2) is 24.3 Å². The van der Waals surface area contributed by atoms with Crippen LogP contribution < -0.4 is 0 Å². The molecular weight excluding hydrogens is 192 g/mol. The summed E-state index contributed by atoms with van der Waals surface area (Å²) in [4.78, 5) is 0. The van der Waals surface area contributed by atoms with E-state index < -0.39 is 0 Å². The molecule has 2 aliphatic rings. The number of rotatable bonds is 2. The fraction of sp³-hybridized carbons (Fsp3) is 0.750. The topological polar surface area (TPSA) is 0 Å². The Morgan fingerprint density at radius 2 is 1.25 bits per heavy atom. The standard InChI is InChI=1S/C16H26/c1-11(2)14-9-5-7-13-8-6-10-15(12(3)4)16(13)14/h13-16H,1,3,5-10H2,2,4H3. The summed E-state index contributed by atoms with van der Waals surface area (Å²) in [5, 5.41) is 0. The van der Waals surface area contributed by atoms with Crippen molar-refractivity contribution in [2.24, 2.45) is 23.7 Å². The van der Waals surface area contributed by atoms with E-state index in [0.717, 1.165) is 23.7 Å². The molecule has 2 unspecified atom stereocenters. The van der Waals surface area contributed by atoms with Gasteiger partial charge in [-0.15, -0.1) is 0 Å². The van der Waals surface area contributed by atoms with Gasteiger partial charge in [0, 0.05) is 0 Å². The highest BCUT2D eigenvalue weighted by atomic mass is 14.5. The van der Waals surface area contributed by atoms with Crippen LogP contribution in [0.2, 0.25) is 0 Å². The van der Waals surface area contributed by atoms with Crippen LogP contribution in [0.1, 0.15) is 52.4 Å². The van der Waals surface area contributed by atoms with Gasteiger partial charge in [0.05, 0.1) is 0 Å². The third kappa shape index (κ3) is 2.12. The van der Waals surface area contributed by atoms with Gasteiger partial charge in [-0.3, -0.25) is 0 Å². The molecule has 0 N–H and O–H groups in total. The minimum Gasteiger partial charge on any atom is -0.0998 e. The van der Waals surface area contributed by atoms with E-state index in [-0.39, 0.29) is 0 Å². The molecule has 2 fully saturated rings. The Morgan fingerprint density at radius 1 is 0.812 bits per heavy atom. The second kappa shape index (κ2) is 4.77. The SMILES string of the molecule is C=C(C)C1CCCC2CCCC(C(=C)C)C21. The van der Waals surface area contributed by atoms with Crippen LogP contribution in [0.5, 0.6) is 0 Å². The molecule has 0 aromatic heterocycles. The van der Waals surface area contributed by atoms with Crippen molar-refractivity contribution in [3.63, 3.8) is 0 Å². The van der Waals surface area contributed by atoms with E-state index in [1.54, 1.807) is 0 Å². The molecule has 16 heavy (non-hydrogen) atoms. The smallest absolute Gasteiger partial charge is 0.0172 e. The highest BCUT2D eigenvalue weighted by Crippen LogP contribution is 2.50. The number of fused-ring (bicyclic) bond motifs is 1. The Labute approximate surface area is 101 Å². The van der Waals surface area contributed by atoms with Crippen LogP contribution in [0.4, 0.5) is 0 Å². The lowest BCUT2D eigenvalue weighted by molar-refractivity contribution is 0.0815. The van der Waals surface area contributed by atoms with Gasteiger partial charge in [-0.1, -0.05) is 50.0 Å². The molecule has 2 rings (SSSR count). The van der Waals surface area contributed by atoms with Crippen LogP contribution in [-0.4, -0.2) is 0 Å². The minimum atomic E-state index is 0.778. The third-order valence-corrected chi connectivity index (χ3v) is 4.92. The molecule has 0 saturated heterocycles. The molecule has 90 valence electrons. The lowest BCUT2D eigenvalue weighted by atomic mass is 9.58. The Bertz CT molecular complexity index is 258. The quantitative estimate of drug-likeness (QED) is 0.574. The van der Waals surface area contributed by atoms with E-state index in [0.29, 0.717) is 0 Å². The van der Waals surface area contributed by atoms with Crippen LogP contribution in [0.3, 0.4) is 0 Å². The normalized spacial score (nSPS) is 38.9. The molecule has 0 amide bonds. The fourth-order valence-electron chi connectivity index (χ4n) is 4.20. The van der Waals surface area contributed by atoms with Gasteiger partial charge in [0.1, 0.15) is 0 Å². The van der Waals surface area contributed by atoms with Gasteiger partial charge >= 0.3 is 0 Å². The van der Waals surface area contributed by atoms with Crippen LogP contribution in [0.25, 0.3) is 0 Å². The van der Waals surface area contributed by atoms with Crippen molar-refractivity contribution in [1.29, 1.82) is 0 Å². The van der Waals surface area contributed by atoms with Gasteiger partial charge in [0.2, 0.25) is 0 Å². The average Bonchev–Trinajstić information content (AvgIpc) is 2.27. The largest absolute Gasteiger partial charge is 0.0998 e. The molecular formula is C16H26. The first-order chi connectivity index (χ1) is 7.61. The molecule has 2 saturated carbocycles. The third-order valence-electron chi connectivity index (χ3n) is 4.92. The van der Waals surface area contributed by atoms with Gasteiger partial charge in [-0.05, 0) is 50.4 Å². The first-order valence-electron chi connectivity index (χ1n) is 6.92. The van der Waals surface area contributed by atoms with E-state index in [1.165, 1.54) is 49.7 Å². The maximum absolute atomic E-state index is 4.23. The van der Waals surface area contributed by atoms with Crippen LogP contribution >= 0.6 is 0 Å². The highest BCUT2D eigenvalue weighted by molar-refractivity contribution is 5.11. The monoisotopic (exact) mass is 218 g/mol. The summed E-state index contributed by atoms with van der Waals surface area (Å²) in [6.07, 6.45) is 8.50. The average molecular weight is 218 g/mol. The first-order valence-corrected chi connectivity index (χ1v) is 6.92. The maximum Gasteiger partial charge on any atom is -0.0172 e. The molecule has 2 aliphatic carbocycles. The number of hydrogen-bond acceptors (Lipinski definition) is 0. The predicted octanol–water partition coefficient (Wildman–Crippen LogP) is 4.97. The fourth-order valence-corrected chi connectivity index (χ4v) is 4.20. The van der Waals surface area contributed by atoms with Gasteiger partial charge < -0.3 is 0 Å². The predicted molar refractivity (Wildman–Crippen MR) is 71.3 cm³/mol. The lowest BCUT2D eigenvalue weighted by Gasteiger charge is -2.47. The van der Waals surface area contributed by atoms with E-state index >= 15 is 0 Å². The Balaban J connectivity index is 2.22. The minimum absolute atomic E-state index is 0.778. The summed E-state index contributed by atoms with van der Waals surface area (Å²) >= 11 is 0. The molecule has 0 radical (unpaired) electrons. The summed E-state index contributed by atoms with van der Waals surface area (Å²) in [6, 6.07) is 0. The van der Waals surface area contributed by atoms with Crippen molar-refractivity contribution in [2.75, 3.05) is 0 Å². The zero-order chi connectivity index (χ0) is 11.7. The summed E-state index contributed by atoms with van der Waals surface area (Å²) in [5.74, 6) is 3.39. The van der Waals surface area contributed by atoms with Crippen LogP contribution in [-0.2, 0) is 0 Å². The van der Waals surface area contributed by atoms with Crippen LogP contribution in [0, 0.1) is 23.7 Å². The van der Waals surface area contributed by atoms with Gasteiger partial charge in [0.25, 0.3) is 0 Å². The lowest BCUT2D eigenvalue weighted by Crippen LogP contribution is -2.38. The molecule has 0 aromatic carbocycles. The van der Waals surface area contributed by atoms with Crippen molar-refractivity contribution in [3.05, 3.63) is 24.3 Å².